The van der Waals surface area contributed by atoms with Crippen LogP contribution in [0.5, 0.6) is 11.5 Å². The Kier molecular flexibility index (Phi) is 4.23. The van der Waals surface area contributed by atoms with E-state index in [1.165, 1.54) is 5.56 Å². The standard InChI is InChI=1S/C17H20O2/c1-12(2)15-6-4-5-7-17(15)19-16-9-8-14(11-18)10-13(16)3/h4-10,12,18H,11H2,1-3H3. The maximum Gasteiger partial charge on any atom is 0.130 e. The van der Waals surface area contributed by atoms with Gasteiger partial charge in [-0.1, -0.05) is 44.2 Å². The van der Waals surface area contributed by atoms with Crippen LogP contribution in [-0.2, 0) is 6.61 Å². The molecule has 0 saturated carbocycles. The zero-order valence-corrected chi connectivity index (χ0v) is 11.7. The average Bonchev–Trinajstić information content (AvgIpc) is 2.41. The zero-order chi connectivity index (χ0) is 13.8. The van der Waals surface area contributed by atoms with Gasteiger partial charge in [0.1, 0.15) is 11.5 Å². The molecule has 0 atom stereocenters. The van der Waals surface area contributed by atoms with Crippen LogP contribution < -0.4 is 4.74 Å². The lowest BCUT2D eigenvalue weighted by Crippen LogP contribution is -1.95. The van der Waals surface area contributed by atoms with Gasteiger partial charge in [0.25, 0.3) is 0 Å². The topological polar surface area (TPSA) is 29.5 Å². The zero-order valence-electron chi connectivity index (χ0n) is 11.7. The molecule has 0 saturated heterocycles. The summed E-state index contributed by atoms with van der Waals surface area (Å²) in [6, 6.07) is 13.9. The molecular formula is C17H20O2. The van der Waals surface area contributed by atoms with Crippen LogP contribution in [0.15, 0.2) is 42.5 Å². The summed E-state index contributed by atoms with van der Waals surface area (Å²) >= 11 is 0. The molecule has 0 aromatic heterocycles. The molecule has 0 amide bonds. The molecule has 0 aliphatic carbocycles. The number of hydrogen-bond donors (Lipinski definition) is 1. The number of rotatable bonds is 4. The summed E-state index contributed by atoms with van der Waals surface area (Å²) < 4.78 is 6.02. The summed E-state index contributed by atoms with van der Waals surface area (Å²) in [5.74, 6) is 2.16. The molecule has 2 rings (SSSR count). The first kappa shape index (κ1) is 13.6. The number of ether oxygens (including phenoxy) is 1. The molecule has 0 unspecified atom stereocenters. The second-order valence-electron chi connectivity index (χ2n) is 5.05. The number of aliphatic hydroxyl groups is 1. The van der Waals surface area contributed by atoms with Crippen molar-refractivity contribution in [2.75, 3.05) is 0 Å². The Morgan fingerprint density at radius 2 is 1.79 bits per heavy atom. The Labute approximate surface area is 114 Å². The number of aliphatic hydroxyl groups excluding tert-OH is 1. The van der Waals surface area contributed by atoms with Crippen LogP contribution >= 0.6 is 0 Å². The van der Waals surface area contributed by atoms with Gasteiger partial charge in [0.2, 0.25) is 0 Å². The van der Waals surface area contributed by atoms with E-state index in [9.17, 15) is 0 Å². The van der Waals surface area contributed by atoms with Crippen molar-refractivity contribution in [3.63, 3.8) is 0 Å². The van der Waals surface area contributed by atoms with Crippen LogP contribution in [-0.4, -0.2) is 5.11 Å². The SMILES string of the molecule is Cc1cc(CO)ccc1Oc1ccccc1C(C)C. The molecule has 0 bridgehead atoms. The first-order valence-electron chi connectivity index (χ1n) is 6.59. The molecule has 2 aromatic carbocycles. The van der Waals surface area contributed by atoms with E-state index in [2.05, 4.69) is 19.9 Å². The monoisotopic (exact) mass is 256 g/mol. The maximum atomic E-state index is 9.12. The van der Waals surface area contributed by atoms with Gasteiger partial charge in [-0.25, -0.2) is 0 Å². The second-order valence-corrected chi connectivity index (χ2v) is 5.05. The summed E-state index contributed by atoms with van der Waals surface area (Å²) in [6.45, 7) is 6.37. The molecule has 2 heteroatoms. The van der Waals surface area contributed by atoms with E-state index in [1.807, 2.05) is 43.3 Å². The van der Waals surface area contributed by atoms with Crippen LogP contribution in [0.4, 0.5) is 0 Å². The minimum absolute atomic E-state index is 0.0592. The van der Waals surface area contributed by atoms with Crippen molar-refractivity contribution in [1.29, 1.82) is 0 Å². The van der Waals surface area contributed by atoms with Gasteiger partial charge in [-0.2, -0.15) is 0 Å². The third-order valence-corrected chi connectivity index (χ3v) is 3.18. The van der Waals surface area contributed by atoms with E-state index in [0.717, 1.165) is 22.6 Å². The molecule has 1 N–H and O–H groups in total. The molecule has 0 aliphatic heterocycles. The molecule has 0 fully saturated rings. The highest BCUT2D eigenvalue weighted by atomic mass is 16.5. The molecule has 0 aliphatic rings. The third kappa shape index (κ3) is 3.15. The van der Waals surface area contributed by atoms with E-state index in [-0.39, 0.29) is 6.61 Å². The Morgan fingerprint density at radius 1 is 1.05 bits per heavy atom. The Balaban J connectivity index is 2.31. The fourth-order valence-electron chi connectivity index (χ4n) is 2.09. The summed E-state index contributed by atoms with van der Waals surface area (Å²) in [5.41, 5.74) is 3.14. The lowest BCUT2D eigenvalue weighted by molar-refractivity contribution is 0.281. The van der Waals surface area contributed by atoms with Crippen molar-refractivity contribution in [3.8, 4) is 11.5 Å². The van der Waals surface area contributed by atoms with Crippen molar-refractivity contribution >= 4 is 0 Å². The highest BCUT2D eigenvalue weighted by Gasteiger charge is 2.09. The van der Waals surface area contributed by atoms with Crippen molar-refractivity contribution in [1.82, 2.24) is 0 Å². The van der Waals surface area contributed by atoms with Crippen molar-refractivity contribution < 1.29 is 9.84 Å². The molecular weight excluding hydrogens is 236 g/mol. The van der Waals surface area contributed by atoms with Gasteiger partial charge < -0.3 is 9.84 Å². The highest BCUT2D eigenvalue weighted by Crippen LogP contribution is 2.32. The second kappa shape index (κ2) is 5.89. The molecule has 0 heterocycles. The van der Waals surface area contributed by atoms with Gasteiger partial charge in [0.05, 0.1) is 6.61 Å². The number of aryl methyl sites for hydroxylation is 1. The lowest BCUT2D eigenvalue weighted by atomic mass is 10.0. The summed E-state index contributed by atoms with van der Waals surface area (Å²) in [7, 11) is 0. The Hall–Kier alpha value is -1.80. The van der Waals surface area contributed by atoms with Crippen molar-refractivity contribution in [2.24, 2.45) is 0 Å². The van der Waals surface area contributed by atoms with Gasteiger partial charge >= 0.3 is 0 Å². The smallest absolute Gasteiger partial charge is 0.130 e. The van der Waals surface area contributed by atoms with E-state index < -0.39 is 0 Å². The number of hydrogen-bond acceptors (Lipinski definition) is 2. The van der Waals surface area contributed by atoms with E-state index in [4.69, 9.17) is 9.84 Å². The largest absolute Gasteiger partial charge is 0.457 e. The normalized spacial score (nSPS) is 10.8. The Bertz CT molecular complexity index is 559. The fraction of sp³-hybridized carbons (Fsp3) is 0.294. The minimum atomic E-state index is 0.0592. The highest BCUT2D eigenvalue weighted by molar-refractivity contribution is 5.43. The fourth-order valence-corrected chi connectivity index (χ4v) is 2.09. The summed E-state index contributed by atoms with van der Waals surface area (Å²) in [5, 5.41) is 9.12. The van der Waals surface area contributed by atoms with Crippen LogP contribution in [0.2, 0.25) is 0 Å². The van der Waals surface area contributed by atoms with Crippen LogP contribution in [0.25, 0.3) is 0 Å². The van der Waals surface area contributed by atoms with Crippen LogP contribution in [0, 0.1) is 6.92 Å². The van der Waals surface area contributed by atoms with Crippen molar-refractivity contribution in [2.45, 2.75) is 33.3 Å². The van der Waals surface area contributed by atoms with Crippen LogP contribution in [0.1, 0.15) is 36.5 Å². The van der Waals surface area contributed by atoms with Crippen molar-refractivity contribution in [3.05, 3.63) is 59.2 Å². The summed E-state index contributed by atoms with van der Waals surface area (Å²) in [4.78, 5) is 0. The quantitative estimate of drug-likeness (QED) is 0.878. The predicted molar refractivity (Wildman–Crippen MR) is 77.7 cm³/mol. The molecule has 0 spiro atoms. The lowest BCUT2D eigenvalue weighted by Gasteiger charge is -2.15. The average molecular weight is 256 g/mol. The molecule has 0 radical (unpaired) electrons. The third-order valence-electron chi connectivity index (χ3n) is 3.18. The maximum absolute atomic E-state index is 9.12. The molecule has 19 heavy (non-hydrogen) atoms. The molecule has 2 aromatic rings. The first-order chi connectivity index (χ1) is 9.11. The van der Waals surface area contributed by atoms with Gasteiger partial charge in [0, 0.05) is 0 Å². The first-order valence-corrected chi connectivity index (χ1v) is 6.59. The molecule has 100 valence electrons. The summed E-state index contributed by atoms with van der Waals surface area (Å²) in [6.07, 6.45) is 0. The van der Waals surface area contributed by atoms with E-state index in [1.54, 1.807) is 0 Å². The van der Waals surface area contributed by atoms with Gasteiger partial charge in [-0.3, -0.25) is 0 Å². The predicted octanol–water partition coefficient (Wildman–Crippen LogP) is 4.40. The van der Waals surface area contributed by atoms with E-state index >= 15 is 0 Å². The van der Waals surface area contributed by atoms with Gasteiger partial charge in [-0.05, 0) is 41.7 Å². The minimum Gasteiger partial charge on any atom is -0.457 e. The number of benzene rings is 2. The molecule has 2 nitrogen and oxygen atoms in total. The number of para-hydroxylation sites is 1. The van der Waals surface area contributed by atoms with Gasteiger partial charge in [0.15, 0.2) is 0 Å². The van der Waals surface area contributed by atoms with Crippen LogP contribution in [0.3, 0.4) is 0 Å². The van der Waals surface area contributed by atoms with Gasteiger partial charge in [-0.15, -0.1) is 0 Å². The van der Waals surface area contributed by atoms with E-state index in [0.29, 0.717) is 5.92 Å². The Morgan fingerprint density at radius 3 is 2.42 bits per heavy atom.